The Kier molecular flexibility index (Phi) is 3.66. The minimum atomic E-state index is 0.0113. The number of nitrogens with zero attached hydrogens (tertiary/aromatic N) is 1. The van der Waals surface area contributed by atoms with Crippen LogP contribution in [0.3, 0.4) is 0 Å². The Morgan fingerprint density at radius 1 is 1.45 bits per heavy atom. The monoisotopic (exact) mass is 177 g/mol. The van der Waals surface area contributed by atoms with Crippen molar-refractivity contribution < 1.29 is 9.53 Å². The molecule has 4 heteroatoms. The van der Waals surface area contributed by atoms with Crippen LogP contribution in [0.25, 0.3) is 0 Å². The molecule has 1 aliphatic rings. The van der Waals surface area contributed by atoms with Crippen LogP contribution in [0.15, 0.2) is 0 Å². The van der Waals surface area contributed by atoms with Crippen molar-refractivity contribution in [2.24, 2.45) is 0 Å². The highest BCUT2D eigenvalue weighted by atomic mass is 35.5. The number of halogens is 1. The maximum absolute atomic E-state index is 11.1. The predicted molar refractivity (Wildman–Crippen MR) is 42.7 cm³/mol. The molecule has 1 amide bonds. The second kappa shape index (κ2) is 4.57. The van der Waals surface area contributed by atoms with Crippen LogP contribution in [0.1, 0.15) is 6.42 Å². The number of rotatable bonds is 1. The highest BCUT2D eigenvalue weighted by Gasteiger charge is 2.13. The Labute approximate surface area is 71.3 Å². The molecule has 0 saturated carbocycles. The van der Waals surface area contributed by atoms with E-state index >= 15 is 0 Å². The third-order valence-corrected chi connectivity index (χ3v) is 1.92. The molecule has 1 heterocycles. The van der Waals surface area contributed by atoms with Crippen molar-refractivity contribution in [3.8, 4) is 0 Å². The lowest BCUT2D eigenvalue weighted by molar-refractivity contribution is -0.128. The lowest BCUT2D eigenvalue weighted by Crippen LogP contribution is -2.33. The summed E-state index contributed by atoms with van der Waals surface area (Å²) in [4.78, 5) is 12.8. The summed E-state index contributed by atoms with van der Waals surface area (Å²) in [6.07, 6.45) is 0.919. The van der Waals surface area contributed by atoms with E-state index in [2.05, 4.69) is 0 Å². The fourth-order valence-electron chi connectivity index (χ4n) is 1.08. The van der Waals surface area contributed by atoms with Crippen molar-refractivity contribution in [1.29, 1.82) is 0 Å². The topological polar surface area (TPSA) is 29.5 Å². The number of carbonyl (C=O) groups excluding carboxylic acids is 1. The molecule has 1 saturated heterocycles. The molecule has 11 heavy (non-hydrogen) atoms. The molecular weight excluding hydrogens is 166 g/mol. The first-order valence-electron chi connectivity index (χ1n) is 3.76. The average Bonchev–Trinajstić information content (AvgIpc) is 2.30. The van der Waals surface area contributed by atoms with Crippen LogP contribution in [0.4, 0.5) is 0 Å². The van der Waals surface area contributed by atoms with E-state index in [0.717, 1.165) is 19.6 Å². The first kappa shape index (κ1) is 8.81. The highest BCUT2D eigenvalue weighted by molar-refractivity contribution is 6.27. The molecule has 0 aliphatic carbocycles. The van der Waals surface area contributed by atoms with E-state index in [0.29, 0.717) is 13.2 Å². The van der Waals surface area contributed by atoms with Gasteiger partial charge in [-0.15, -0.1) is 11.6 Å². The quantitative estimate of drug-likeness (QED) is 0.546. The van der Waals surface area contributed by atoms with Crippen molar-refractivity contribution >= 4 is 17.5 Å². The van der Waals surface area contributed by atoms with E-state index in [1.807, 2.05) is 0 Å². The number of hydrogen-bond acceptors (Lipinski definition) is 2. The summed E-state index contributed by atoms with van der Waals surface area (Å²) >= 11 is 5.41. The van der Waals surface area contributed by atoms with Crippen LogP contribution in [0, 0.1) is 0 Å². The lowest BCUT2D eigenvalue weighted by Gasteiger charge is -2.17. The van der Waals surface area contributed by atoms with Gasteiger partial charge >= 0.3 is 0 Å². The molecule has 64 valence electrons. The zero-order valence-electron chi connectivity index (χ0n) is 6.38. The van der Waals surface area contributed by atoms with Gasteiger partial charge in [0.25, 0.3) is 0 Å². The van der Waals surface area contributed by atoms with E-state index in [1.54, 1.807) is 4.90 Å². The van der Waals surface area contributed by atoms with Gasteiger partial charge in [0.15, 0.2) is 0 Å². The molecule has 0 aromatic heterocycles. The zero-order chi connectivity index (χ0) is 8.10. The summed E-state index contributed by atoms with van der Waals surface area (Å²) in [5.74, 6) is 0.0946. The molecule has 0 N–H and O–H groups in total. The van der Waals surface area contributed by atoms with Crippen molar-refractivity contribution in [2.45, 2.75) is 6.42 Å². The van der Waals surface area contributed by atoms with Gasteiger partial charge in [0.05, 0.1) is 6.61 Å². The van der Waals surface area contributed by atoms with Crippen LogP contribution >= 0.6 is 11.6 Å². The first-order chi connectivity index (χ1) is 5.34. The summed E-state index contributed by atoms with van der Waals surface area (Å²) in [5, 5.41) is 0. The van der Waals surface area contributed by atoms with Gasteiger partial charge in [0, 0.05) is 19.7 Å². The third kappa shape index (κ3) is 2.67. The minimum absolute atomic E-state index is 0.0113. The summed E-state index contributed by atoms with van der Waals surface area (Å²) in [7, 11) is 0. The molecule has 0 spiro atoms. The second-order valence-corrected chi connectivity index (χ2v) is 2.75. The van der Waals surface area contributed by atoms with E-state index in [1.165, 1.54) is 0 Å². The SMILES string of the molecule is O=C(CCl)N1CCCOCC1. The van der Waals surface area contributed by atoms with Gasteiger partial charge in [-0.3, -0.25) is 4.79 Å². The molecule has 3 nitrogen and oxygen atoms in total. The van der Waals surface area contributed by atoms with Crippen LogP contribution in [0.2, 0.25) is 0 Å². The number of hydrogen-bond donors (Lipinski definition) is 0. The number of alkyl halides is 1. The van der Waals surface area contributed by atoms with Crippen LogP contribution in [-0.4, -0.2) is 43.0 Å². The molecule has 0 bridgehead atoms. The Bertz CT molecular complexity index is 132. The van der Waals surface area contributed by atoms with Crippen molar-refractivity contribution in [1.82, 2.24) is 4.90 Å². The van der Waals surface area contributed by atoms with Gasteiger partial charge in [-0.1, -0.05) is 0 Å². The zero-order valence-corrected chi connectivity index (χ0v) is 7.14. The van der Waals surface area contributed by atoms with Crippen LogP contribution < -0.4 is 0 Å². The van der Waals surface area contributed by atoms with E-state index in [-0.39, 0.29) is 11.8 Å². The Balaban J connectivity index is 2.36. The van der Waals surface area contributed by atoms with Gasteiger partial charge in [-0.05, 0) is 6.42 Å². The van der Waals surface area contributed by atoms with Crippen LogP contribution in [0.5, 0.6) is 0 Å². The largest absolute Gasteiger partial charge is 0.380 e. The van der Waals surface area contributed by atoms with Gasteiger partial charge in [-0.2, -0.15) is 0 Å². The minimum Gasteiger partial charge on any atom is -0.380 e. The van der Waals surface area contributed by atoms with Crippen molar-refractivity contribution in [3.05, 3.63) is 0 Å². The summed E-state index contributed by atoms with van der Waals surface area (Å²) < 4.78 is 5.18. The second-order valence-electron chi connectivity index (χ2n) is 2.48. The number of carbonyl (C=O) groups is 1. The highest BCUT2D eigenvalue weighted by Crippen LogP contribution is 1.99. The first-order valence-corrected chi connectivity index (χ1v) is 4.29. The molecule has 1 fully saturated rings. The van der Waals surface area contributed by atoms with Gasteiger partial charge < -0.3 is 9.64 Å². The molecule has 0 unspecified atom stereocenters. The molecule has 0 aromatic carbocycles. The lowest BCUT2D eigenvalue weighted by atomic mass is 10.4. The molecular formula is C7H12ClNO2. The number of amides is 1. The molecule has 1 rings (SSSR count). The summed E-state index contributed by atoms with van der Waals surface area (Å²) in [5.41, 5.74) is 0. The summed E-state index contributed by atoms with van der Waals surface area (Å²) in [6.45, 7) is 2.87. The maximum Gasteiger partial charge on any atom is 0.237 e. The van der Waals surface area contributed by atoms with Gasteiger partial charge in [0.1, 0.15) is 5.88 Å². The molecule has 0 atom stereocenters. The van der Waals surface area contributed by atoms with Gasteiger partial charge in [0.2, 0.25) is 5.91 Å². The van der Waals surface area contributed by atoms with E-state index in [4.69, 9.17) is 16.3 Å². The smallest absolute Gasteiger partial charge is 0.237 e. The van der Waals surface area contributed by atoms with Crippen LogP contribution in [-0.2, 0) is 9.53 Å². The fraction of sp³-hybridized carbons (Fsp3) is 0.857. The van der Waals surface area contributed by atoms with E-state index in [9.17, 15) is 4.79 Å². The van der Waals surface area contributed by atoms with E-state index < -0.39 is 0 Å². The fourth-order valence-corrected chi connectivity index (χ4v) is 1.25. The number of ether oxygens (including phenoxy) is 1. The molecule has 0 aromatic rings. The Morgan fingerprint density at radius 3 is 3.00 bits per heavy atom. The normalized spacial score (nSPS) is 19.5. The third-order valence-electron chi connectivity index (χ3n) is 1.69. The molecule has 0 radical (unpaired) electrons. The molecule has 1 aliphatic heterocycles. The van der Waals surface area contributed by atoms with Gasteiger partial charge in [-0.25, -0.2) is 0 Å². The van der Waals surface area contributed by atoms with Crippen molar-refractivity contribution in [2.75, 3.05) is 32.2 Å². The standard InChI is InChI=1S/C7H12ClNO2/c8-6-7(10)9-2-1-4-11-5-3-9/h1-6H2. The average molecular weight is 178 g/mol. The summed E-state index contributed by atoms with van der Waals surface area (Å²) in [6, 6.07) is 0. The Morgan fingerprint density at radius 2 is 2.27 bits per heavy atom. The maximum atomic E-state index is 11.1. The predicted octanol–water partition coefficient (Wildman–Crippen LogP) is 0.474. The Hall–Kier alpha value is -0.280. The van der Waals surface area contributed by atoms with Crippen molar-refractivity contribution in [3.63, 3.8) is 0 Å².